The van der Waals surface area contributed by atoms with Gasteiger partial charge in [-0.05, 0) is 56.6 Å². The van der Waals surface area contributed by atoms with Gasteiger partial charge in [-0.3, -0.25) is 14.9 Å². The number of nitrogens with one attached hydrogen (secondary N) is 2. The zero-order valence-electron chi connectivity index (χ0n) is 15.9. The van der Waals surface area contributed by atoms with Crippen molar-refractivity contribution in [3.63, 3.8) is 0 Å². The molecule has 0 aliphatic carbocycles. The molecule has 0 atom stereocenters. The monoisotopic (exact) mass is 477 g/mol. The van der Waals surface area contributed by atoms with Gasteiger partial charge in [0.25, 0.3) is 11.8 Å². The van der Waals surface area contributed by atoms with E-state index in [1.807, 2.05) is 19.0 Å². The minimum absolute atomic E-state index is 0.0384. The van der Waals surface area contributed by atoms with Crippen LogP contribution in [-0.2, 0) is 14.6 Å². The lowest BCUT2D eigenvalue weighted by molar-refractivity contribution is -0.114. The molecule has 1 aliphatic heterocycles. The first kappa shape index (κ1) is 21.2. The molecule has 0 fully saturated rings. The highest BCUT2D eigenvalue weighted by atomic mass is 79.9. The lowest BCUT2D eigenvalue weighted by Crippen LogP contribution is -2.36. The Morgan fingerprint density at radius 1 is 1.03 bits per heavy atom. The Morgan fingerprint density at radius 3 is 2.38 bits per heavy atom. The molecular weight excluding hydrogens is 458 g/mol. The number of imide groups is 1. The van der Waals surface area contributed by atoms with Gasteiger partial charge in [0.15, 0.2) is 9.84 Å². The third kappa shape index (κ3) is 4.92. The minimum Gasteiger partial charge on any atom is -0.361 e. The number of hydrogen-bond acceptors (Lipinski definition) is 6. The average Bonchev–Trinajstić information content (AvgIpc) is 2.66. The van der Waals surface area contributed by atoms with Crippen LogP contribution < -0.4 is 10.6 Å². The topological polar surface area (TPSA) is 95.6 Å². The molecule has 0 radical (unpaired) electrons. The van der Waals surface area contributed by atoms with Crippen LogP contribution in [0.2, 0.25) is 0 Å². The van der Waals surface area contributed by atoms with Gasteiger partial charge in [0.1, 0.15) is 0 Å². The van der Waals surface area contributed by atoms with Gasteiger partial charge in [-0.15, -0.1) is 0 Å². The molecule has 29 heavy (non-hydrogen) atoms. The molecule has 9 heteroatoms. The smallest absolute Gasteiger partial charge is 0.260 e. The van der Waals surface area contributed by atoms with Gasteiger partial charge >= 0.3 is 0 Å². The Morgan fingerprint density at radius 2 is 1.72 bits per heavy atom. The van der Waals surface area contributed by atoms with E-state index in [9.17, 15) is 18.0 Å². The van der Waals surface area contributed by atoms with Crippen LogP contribution in [-0.4, -0.2) is 51.5 Å². The molecule has 152 valence electrons. The largest absolute Gasteiger partial charge is 0.361 e. The van der Waals surface area contributed by atoms with Crippen LogP contribution in [0.25, 0.3) is 5.57 Å². The number of carbonyl (C=O) groups is 2. The molecule has 2 aromatic rings. The van der Waals surface area contributed by atoms with Gasteiger partial charge < -0.3 is 10.2 Å². The first-order chi connectivity index (χ1) is 13.7. The maximum absolute atomic E-state index is 12.3. The van der Waals surface area contributed by atoms with Crippen molar-refractivity contribution in [1.29, 1.82) is 0 Å². The molecular formula is C20H20BrN3O4S. The number of hydrogen-bond donors (Lipinski definition) is 2. The fraction of sp³-hybridized carbons (Fsp3) is 0.200. The van der Waals surface area contributed by atoms with Crippen molar-refractivity contribution in [1.82, 2.24) is 10.2 Å². The summed E-state index contributed by atoms with van der Waals surface area (Å²) in [7, 11) is 0.283. The maximum atomic E-state index is 12.3. The van der Waals surface area contributed by atoms with E-state index in [-0.39, 0.29) is 10.6 Å². The van der Waals surface area contributed by atoms with Crippen molar-refractivity contribution in [3.05, 3.63) is 64.3 Å². The first-order valence-corrected chi connectivity index (χ1v) is 11.2. The summed E-state index contributed by atoms with van der Waals surface area (Å²) >= 11 is 3.35. The summed E-state index contributed by atoms with van der Waals surface area (Å²) in [5, 5.41) is 5.31. The summed E-state index contributed by atoms with van der Waals surface area (Å²) < 4.78 is 25.4. The van der Waals surface area contributed by atoms with E-state index in [0.717, 1.165) is 4.47 Å². The fourth-order valence-corrected chi connectivity index (χ4v) is 4.53. The van der Waals surface area contributed by atoms with Gasteiger partial charge in [-0.1, -0.05) is 15.9 Å². The number of anilines is 1. The van der Waals surface area contributed by atoms with E-state index in [2.05, 4.69) is 26.6 Å². The Bertz CT molecular complexity index is 1090. The number of fused-ring (bicyclic) bond motifs is 1. The predicted molar refractivity (Wildman–Crippen MR) is 115 cm³/mol. The van der Waals surface area contributed by atoms with Gasteiger partial charge in [0.05, 0.1) is 16.2 Å². The molecule has 2 N–H and O–H groups in total. The maximum Gasteiger partial charge on any atom is 0.260 e. The van der Waals surface area contributed by atoms with Crippen molar-refractivity contribution in [2.45, 2.75) is 4.90 Å². The van der Waals surface area contributed by atoms with Gasteiger partial charge in [0.2, 0.25) is 0 Å². The number of sulfone groups is 1. The number of amides is 2. The minimum atomic E-state index is -3.36. The zero-order chi connectivity index (χ0) is 21.2. The average molecular weight is 478 g/mol. The molecule has 1 aliphatic rings. The predicted octanol–water partition coefficient (Wildman–Crippen LogP) is 2.51. The molecule has 1 heterocycles. The Kier molecular flexibility index (Phi) is 6.21. The van der Waals surface area contributed by atoms with Crippen LogP contribution >= 0.6 is 15.9 Å². The van der Waals surface area contributed by atoms with Gasteiger partial charge in [0, 0.05) is 34.0 Å². The third-order valence-corrected chi connectivity index (χ3v) is 6.60. The molecule has 0 saturated carbocycles. The summed E-state index contributed by atoms with van der Waals surface area (Å²) in [4.78, 5) is 26.3. The quantitative estimate of drug-likeness (QED) is 0.490. The van der Waals surface area contributed by atoms with Crippen LogP contribution in [0.5, 0.6) is 0 Å². The highest BCUT2D eigenvalue weighted by Crippen LogP contribution is 2.27. The molecule has 0 spiro atoms. The van der Waals surface area contributed by atoms with Crippen LogP contribution in [0.3, 0.4) is 0 Å². The number of carbonyl (C=O) groups excluding carboxylic acids is 2. The Balaban J connectivity index is 1.82. The number of benzene rings is 2. The second kappa shape index (κ2) is 8.48. The van der Waals surface area contributed by atoms with E-state index in [4.69, 9.17) is 0 Å². The SMILES string of the molecule is CN(C)CCS(=O)(=O)c1ccc(NC=C2C(=O)NC(=O)c3ccc(Br)cc32)cc1. The van der Waals surface area contributed by atoms with Crippen LogP contribution in [0, 0.1) is 0 Å². The molecule has 0 unspecified atom stereocenters. The molecule has 3 rings (SSSR count). The third-order valence-electron chi connectivity index (χ3n) is 4.39. The van der Waals surface area contributed by atoms with E-state index < -0.39 is 21.7 Å². The highest BCUT2D eigenvalue weighted by molar-refractivity contribution is 9.10. The van der Waals surface area contributed by atoms with Crippen molar-refractivity contribution in [2.24, 2.45) is 0 Å². The number of rotatable bonds is 6. The van der Waals surface area contributed by atoms with Crippen molar-refractivity contribution in [3.8, 4) is 0 Å². The van der Waals surface area contributed by atoms with Crippen LogP contribution in [0.4, 0.5) is 5.69 Å². The van der Waals surface area contributed by atoms with Crippen molar-refractivity contribution >= 4 is 48.8 Å². The molecule has 0 aromatic heterocycles. The lowest BCUT2D eigenvalue weighted by atomic mass is 9.95. The molecule has 0 bridgehead atoms. The first-order valence-electron chi connectivity index (χ1n) is 8.77. The normalized spacial score (nSPS) is 15.4. The summed E-state index contributed by atoms with van der Waals surface area (Å²) in [6.45, 7) is 0.442. The van der Waals surface area contributed by atoms with E-state index in [0.29, 0.717) is 28.9 Å². The van der Waals surface area contributed by atoms with Crippen LogP contribution in [0.1, 0.15) is 15.9 Å². The van der Waals surface area contributed by atoms with Gasteiger partial charge in [-0.2, -0.15) is 0 Å². The Hall–Kier alpha value is -2.49. The van der Waals surface area contributed by atoms with Gasteiger partial charge in [-0.25, -0.2) is 8.42 Å². The van der Waals surface area contributed by atoms with E-state index >= 15 is 0 Å². The zero-order valence-corrected chi connectivity index (χ0v) is 18.3. The molecule has 2 amide bonds. The molecule has 7 nitrogen and oxygen atoms in total. The molecule has 2 aromatic carbocycles. The lowest BCUT2D eigenvalue weighted by Gasteiger charge is -2.18. The van der Waals surface area contributed by atoms with E-state index in [1.165, 1.54) is 18.3 Å². The highest BCUT2D eigenvalue weighted by Gasteiger charge is 2.27. The standard InChI is InChI=1S/C20H20BrN3O4S/c1-24(2)9-10-29(27,28)15-6-4-14(5-7-15)22-12-18-17-11-13(21)3-8-16(17)19(25)23-20(18)26/h3-8,11-12,22H,9-10H2,1-2H3,(H,23,25,26). The summed E-state index contributed by atoms with van der Waals surface area (Å²) in [6.07, 6.45) is 1.50. The van der Waals surface area contributed by atoms with Crippen molar-refractivity contribution < 1.29 is 18.0 Å². The van der Waals surface area contributed by atoms with Crippen LogP contribution in [0.15, 0.2) is 58.0 Å². The fourth-order valence-electron chi connectivity index (χ4n) is 2.78. The second-order valence-corrected chi connectivity index (χ2v) is 9.85. The van der Waals surface area contributed by atoms with Crippen molar-refractivity contribution in [2.75, 3.05) is 31.7 Å². The summed E-state index contributed by atoms with van der Waals surface area (Å²) in [5.74, 6) is -0.908. The summed E-state index contributed by atoms with van der Waals surface area (Å²) in [6, 6.07) is 11.4. The second-order valence-electron chi connectivity index (χ2n) is 6.82. The number of nitrogens with zero attached hydrogens (tertiary/aromatic N) is 1. The molecule has 0 saturated heterocycles. The number of halogens is 1. The Labute approximate surface area is 177 Å². The van der Waals surface area contributed by atoms with E-state index in [1.54, 1.807) is 30.3 Å². The summed E-state index contributed by atoms with van der Waals surface area (Å²) in [5.41, 5.74) is 1.85.